The second kappa shape index (κ2) is 13.1. The number of anilines is 1. The molecule has 190 valence electrons. The van der Waals surface area contributed by atoms with Crippen LogP contribution in [0.3, 0.4) is 0 Å². The van der Waals surface area contributed by atoms with E-state index in [4.69, 9.17) is 21.2 Å². The molecule has 0 unspecified atom stereocenters. The smallest absolute Gasteiger partial charge is 0.171 e. The molecule has 0 spiro atoms. The van der Waals surface area contributed by atoms with E-state index in [1.54, 1.807) is 6.20 Å². The number of likely N-dealkylation sites (N-methyl/N-ethyl adjacent to an activating group) is 1. The standard InChI is InChI=1S/C13H25N5O.C10H6F2N2OS/c1-15-12(7-14)13(17-8-11-9-19-10-11)18-5-2-3-16-4-6-18;11-5-1-2-7(12)6(3-5)10-14-8(4-15)9(13)16-10/h7,11,15-16H,2-6,8-10,14H2,1H3;1-4H,13H2/b12-7+,17-13?;. The Bertz CT molecular complexity index is 1050. The van der Waals surface area contributed by atoms with Crippen LogP contribution >= 0.6 is 11.3 Å². The van der Waals surface area contributed by atoms with Crippen LogP contribution in [0.4, 0.5) is 13.8 Å². The van der Waals surface area contributed by atoms with Gasteiger partial charge in [0, 0.05) is 50.9 Å². The Kier molecular flexibility index (Phi) is 9.94. The maximum atomic E-state index is 13.4. The second-order valence-electron chi connectivity index (χ2n) is 8.00. The highest BCUT2D eigenvalue weighted by molar-refractivity contribution is 7.19. The van der Waals surface area contributed by atoms with E-state index in [9.17, 15) is 13.6 Å². The number of aldehydes is 1. The van der Waals surface area contributed by atoms with Gasteiger partial charge in [-0.05, 0) is 31.2 Å². The van der Waals surface area contributed by atoms with E-state index < -0.39 is 11.6 Å². The highest BCUT2D eigenvalue weighted by Crippen LogP contribution is 2.31. The van der Waals surface area contributed by atoms with Crippen LogP contribution in [-0.4, -0.2) is 75.0 Å². The Balaban J connectivity index is 0.000000198. The van der Waals surface area contributed by atoms with Gasteiger partial charge in [0.25, 0.3) is 0 Å². The number of nitrogens with one attached hydrogen (secondary N) is 2. The normalized spacial score (nSPS) is 17.2. The lowest BCUT2D eigenvalue weighted by molar-refractivity contribution is -0.0266. The van der Waals surface area contributed by atoms with E-state index in [1.807, 2.05) is 7.05 Å². The van der Waals surface area contributed by atoms with Gasteiger partial charge in [0.05, 0.1) is 18.9 Å². The van der Waals surface area contributed by atoms with Crippen molar-refractivity contribution < 1.29 is 18.3 Å². The molecule has 35 heavy (non-hydrogen) atoms. The van der Waals surface area contributed by atoms with Crippen molar-refractivity contribution in [1.29, 1.82) is 0 Å². The number of thiazole rings is 1. The maximum absolute atomic E-state index is 13.4. The Morgan fingerprint density at radius 3 is 2.80 bits per heavy atom. The average Bonchev–Trinajstić information content (AvgIpc) is 3.01. The molecule has 0 saturated carbocycles. The third-order valence-electron chi connectivity index (χ3n) is 5.47. The lowest BCUT2D eigenvalue weighted by Gasteiger charge is -2.28. The number of nitrogens with two attached hydrogens (primary N) is 2. The predicted octanol–water partition coefficient (Wildman–Crippen LogP) is 1.83. The van der Waals surface area contributed by atoms with Gasteiger partial charge in [-0.2, -0.15) is 0 Å². The van der Waals surface area contributed by atoms with Gasteiger partial charge >= 0.3 is 0 Å². The highest BCUT2D eigenvalue weighted by atomic mass is 32.1. The SMILES string of the molecule is CN/C(=C/N)C(=NCC1COC1)N1CCCNCC1.Nc1sc(-c2cc(F)ccc2F)nc1C=O. The summed E-state index contributed by atoms with van der Waals surface area (Å²) in [7, 11) is 1.89. The Labute approximate surface area is 207 Å². The molecule has 2 aliphatic rings. The van der Waals surface area contributed by atoms with E-state index in [1.165, 1.54) is 0 Å². The summed E-state index contributed by atoms with van der Waals surface area (Å²) in [5.74, 6) is 0.377. The number of benzene rings is 1. The fraction of sp³-hybridized carbons (Fsp3) is 0.435. The third kappa shape index (κ3) is 7.20. The summed E-state index contributed by atoms with van der Waals surface area (Å²) in [4.78, 5) is 21.4. The van der Waals surface area contributed by atoms with Crippen LogP contribution in [0.15, 0.2) is 35.1 Å². The first-order valence-electron chi connectivity index (χ1n) is 11.3. The van der Waals surface area contributed by atoms with Crippen molar-refractivity contribution in [3.8, 4) is 10.6 Å². The number of aliphatic imine (C=N–C) groups is 1. The maximum Gasteiger partial charge on any atom is 0.171 e. The molecule has 9 nitrogen and oxygen atoms in total. The topological polar surface area (TPSA) is 131 Å². The minimum Gasteiger partial charge on any atom is -0.403 e. The molecule has 2 saturated heterocycles. The lowest BCUT2D eigenvalue weighted by Crippen LogP contribution is -2.39. The number of carbonyl (C=O) groups excluding carboxylic acids is 1. The van der Waals surface area contributed by atoms with Gasteiger partial charge in [0.15, 0.2) is 6.29 Å². The van der Waals surface area contributed by atoms with Crippen molar-refractivity contribution in [2.45, 2.75) is 6.42 Å². The van der Waals surface area contributed by atoms with Gasteiger partial charge in [0.2, 0.25) is 0 Å². The van der Waals surface area contributed by atoms with Crippen LogP contribution in [0.5, 0.6) is 0 Å². The number of hydrogen-bond acceptors (Lipinski definition) is 9. The van der Waals surface area contributed by atoms with E-state index in [0.29, 0.717) is 12.2 Å². The van der Waals surface area contributed by atoms with Gasteiger partial charge in [0.1, 0.15) is 33.2 Å². The molecule has 1 aromatic heterocycles. The van der Waals surface area contributed by atoms with Gasteiger partial charge in [-0.1, -0.05) is 11.3 Å². The van der Waals surface area contributed by atoms with Gasteiger partial charge in [-0.15, -0.1) is 0 Å². The van der Waals surface area contributed by atoms with Gasteiger partial charge in [-0.25, -0.2) is 13.8 Å². The summed E-state index contributed by atoms with van der Waals surface area (Å²) >= 11 is 0.944. The molecule has 6 N–H and O–H groups in total. The summed E-state index contributed by atoms with van der Waals surface area (Å²) < 4.78 is 31.5. The minimum absolute atomic E-state index is 0.00444. The first kappa shape index (κ1) is 26.5. The molecular formula is C23H31F2N7O2S. The Morgan fingerprint density at radius 1 is 1.37 bits per heavy atom. The van der Waals surface area contributed by atoms with Crippen LogP contribution in [0.2, 0.25) is 0 Å². The molecule has 3 heterocycles. The molecule has 4 rings (SSSR count). The Morgan fingerprint density at radius 2 is 2.17 bits per heavy atom. The molecule has 0 radical (unpaired) electrons. The third-order valence-corrected chi connectivity index (χ3v) is 6.41. The monoisotopic (exact) mass is 507 g/mol. The van der Waals surface area contributed by atoms with E-state index in [2.05, 4.69) is 20.5 Å². The average molecular weight is 508 g/mol. The molecule has 2 aromatic rings. The molecule has 0 atom stereocenters. The first-order valence-corrected chi connectivity index (χ1v) is 12.1. The van der Waals surface area contributed by atoms with Crippen molar-refractivity contribution in [3.05, 3.63) is 47.4 Å². The van der Waals surface area contributed by atoms with Crippen molar-refractivity contribution in [2.24, 2.45) is 16.6 Å². The van der Waals surface area contributed by atoms with Gasteiger partial charge < -0.3 is 31.7 Å². The zero-order chi connectivity index (χ0) is 25.2. The molecule has 1 aromatic carbocycles. The van der Waals surface area contributed by atoms with E-state index in [0.717, 1.165) is 93.4 Å². The van der Waals surface area contributed by atoms with Crippen LogP contribution < -0.4 is 22.1 Å². The van der Waals surface area contributed by atoms with Crippen LogP contribution in [-0.2, 0) is 4.74 Å². The molecule has 2 aliphatic heterocycles. The van der Waals surface area contributed by atoms with Crippen LogP contribution in [0, 0.1) is 17.6 Å². The molecule has 0 amide bonds. The summed E-state index contributed by atoms with van der Waals surface area (Å²) in [5, 5.41) is 6.93. The van der Waals surface area contributed by atoms with E-state index in [-0.39, 0.29) is 21.3 Å². The first-order chi connectivity index (χ1) is 17.0. The molecule has 0 bridgehead atoms. The number of ether oxygens (including phenoxy) is 1. The Hall–Kier alpha value is -3.09. The van der Waals surface area contributed by atoms with Crippen LogP contribution in [0.1, 0.15) is 16.9 Å². The summed E-state index contributed by atoms with van der Waals surface area (Å²) in [5.41, 5.74) is 12.2. The minimum atomic E-state index is -0.604. The van der Waals surface area contributed by atoms with Crippen molar-refractivity contribution >= 4 is 28.5 Å². The van der Waals surface area contributed by atoms with Crippen molar-refractivity contribution in [1.82, 2.24) is 20.5 Å². The zero-order valence-corrected chi connectivity index (χ0v) is 20.4. The largest absolute Gasteiger partial charge is 0.403 e. The molecule has 2 fully saturated rings. The number of hydrogen-bond donors (Lipinski definition) is 4. The van der Waals surface area contributed by atoms with Crippen molar-refractivity contribution in [3.63, 3.8) is 0 Å². The van der Waals surface area contributed by atoms with Crippen molar-refractivity contribution in [2.75, 3.05) is 58.7 Å². The molecule has 12 heteroatoms. The number of carbonyl (C=O) groups is 1. The number of rotatable bonds is 6. The summed E-state index contributed by atoms with van der Waals surface area (Å²) in [6.07, 6.45) is 3.22. The summed E-state index contributed by atoms with van der Waals surface area (Å²) in [6.45, 7) is 6.54. The second-order valence-corrected chi connectivity index (χ2v) is 9.03. The fourth-order valence-electron chi connectivity index (χ4n) is 3.49. The molecular weight excluding hydrogens is 476 g/mol. The van der Waals surface area contributed by atoms with Gasteiger partial charge in [-0.3, -0.25) is 9.79 Å². The molecule has 0 aliphatic carbocycles. The lowest BCUT2D eigenvalue weighted by atomic mass is 10.1. The van der Waals surface area contributed by atoms with Crippen LogP contribution in [0.25, 0.3) is 10.6 Å². The zero-order valence-electron chi connectivity index (χ0n) is 19.6. The number of halogens is 2. The fourth-order valence-corrected chi connectivity index (χ4v) is 4.31. The number of nitrogen functional groups attached to an aromatic ring is 1. The predicted molar refractivity (Wildman–Crippen MR) is 134 cm³/mol. The number of amidine groups is 1. The summed E-state index contributed by atoms with van der Waals surface area (Å²) in [6, 6.07) is 3.03. The quantitative estimate of drug-likeness (QED) is 0.265. The van der Waals surface area contributed by atoms with E-state index >= 15 is 0 Å². The highest BCUT2D eigenvalue weighted by Gasteiger charge is 2.21. The number of nitrogens with zero attached hydrogens (tertiary/aromatic N) is 3. The number of aromatic nitrogens is 1.